The molecule has 5 amide bonds. The Morgan fingerprint density at radius 3 is 2.59 bits per heavy atom. The number of nitrogens with zero attached hydrogens (tertiary/aromatic N) is 4. The fraction of sp³-hybridized carbons (Fsp3) is 0.535. The number of halogens is 3. The van der Waals surface area contributed by atoms with Crippen molar-refractivity contribution in [1.29, 1.82) is 0 Å². The summed E-state index contributed by atoms with van der Waals surface area (Å²) in [5.74, 6) is -3.72. The monoisotopic (exact) mass is 916 g/mol. The highest BCUT2D eigenvalue weighted by molar-refractivity contribution is 8.00. The fourth-order valence-corrected chi connectivity index (χ4v) is 8.98. The van der Waals surface area contributed by atoms with Crippen molar-refractivity contribution in [1.82, 2.24) is 35.3 Å². The van der Waals surface area contributed by atoms with E-state index in [2.05, 4.69) is 16.0 Å². The largest absolute Gasteiger partial charge is 0.480 e. The molecule has 64 heavy (non-hydrogen) atoms. The zero-order chi connectivity index (χ0) is 45.8. The molecule has 0 spiro atoms. The van der Waals surface area contributed by atoms with Crippen LogP contribution in [0.25, 0.3) is 11.3 Å². The van der Waals surface area contributed by atoms with Crippen molar-refractivity contribution in [2.45, 2.75) is 62.3 Å². The molecule has 0 radical (unpaired) electrons. The van der Waals surface area contributed by atoms with Crippen LogP contribution in [0.15, 0.2) is 54.7 Å². The van der Waals surface area contributed by atoms with Crippen molar-refractivity contribution in [2.24, 2.45) is 17.6 Å². The molecule has 3 fully saturated rings. The van der Waals surface area contributed by atoms with Gasteiger partial charge in [0.15, 0.2) is 0 Å². The number of ether oxygens (including phenoxy) is 3. The Morgan fingerprint density at radius 2 is 1.88 bits per heavy atom. The van der Waals surface area contributed by atoms with E-state index in [1.807, 2.05) is 34.9 Å². The van der Waals surface area contributed by atoms with Crippen LogP contribution in [0.3, 0.4) is 0 Å². The minimum Gasteiger partial charge on any atom is -0.480 e. The van der Waals surface area contributed by atoms with Gasteiger partial charge in [-0.15, -0.1) is 11.8 Å². The third-order valence-electron chi connectivity index (χ3n) is 11.3. The molecule has 3 aliphatic rings. The van der Waals surface area contributed by atoms with Crippen molar-refractivity contribution in [2.75, 3.05) is 71.5 Å². The number of hydrogen-bond acceptors (Lipinski definition) is 12. The number of aromatic nitrogens is 2. The second kappa shape index (κ2) is 23.1. The van der Waals surface area contributed by atoms with Gasteiger partial charge in [0.2, 0.25) is 11.8 Å². The summed E-state index contributed by atoms with van der Waals surface area (Å²) < 4.78 is 63.6. The third kappa shape index (κ3) is 13.0. The Hall–Kier alpha value is -5.22. The molecule has 21 heteroatoms. The van der Waals surface area contributed by atoms with E-state index < -0.39 is 77.0 Å². The second-order valence-electron chi connectivity index (χ2n) is 16.0. The summed E-state index contributed by atoms with van der Waals surface area (Å²) in [5.41, 5.74) is 6.53. The highest BCUT2D eigenvalue weighted by Crippen LogP contribution is 2.38. The van der Waals surface area contributed by atoms with Gasteiger partial charge >= 0.3 is 18.1 Å². The standard InChI is InChI=1S/C43H55F3N8O9S/c1-26(24-63-43(60)49-11-15-62-16-12-53-37(55)18-36(40(53)56)64-25-34(47)41(57)58)50-42(59)54(22-29-19-48-20-33(29)46)38(28-9-13-61-14-10-28)39-51-35(31-17-30(44)7-8-32(31)45)23-52(39)21-27-5-3-2-4-6-27/h2-8,17,23,26,28-29,33-34,36,38,48H,9-16,18-22,24-25,47H2,1H3,(H,49,60)(H,50,59)(H,57,58)/t26-,29-,33-,34-,36?,38+/m0/s1. The van der Waals surface area contributed by atoms with Crippen LogP contribution in [0.1, 0.15) is 43.6 Å². The first kappa shape index (κ1) is 48.2. The molecule has 3 aromatic rings. The van der Waals surface area contributed by atoms with Crippen LogP contribution in [-0.4, -0.2) is 149 Å². The van der Waals surface area contributed by atoms with Crippen molar-refractivity contribution < 1.29 is 56.5 Å². The van der Waals surface area contributed by atoms with Gasteiger partial charge in [-0.3, -0.25) is 19.3 Å². The quantitative estimate of drug-likeness (QED) is 0.0767. The first-order valence-corrected chi connectivity index (χ1v) is 22.3. The number of amides is 5. The summed E-state index contributed by atoms with van der Waals surface area (Å²) in [6.07, 6.45) is 0.643. The molecule has 0 aliphatic carbocycles. The molecule has 0 saturated carbocycles. The molecule has 348 valence electrons. The fourth-order valence-electron chi connectivity index (χ4n) is 7.87. The van der Waals surface area contributed by atoms with Crippen LogP contribution in [0.4, 0.5) is 22.8 Å². The second-order valence-corrected chi connectivity index (χ2v) is 17.3. The molecule has 0 bridgehead atoms. The van der Waals surface area contributed by atoms with E-state index in [4.69, 9.17) is 30.0 Å². The number of alkyl carbamates (subject to hydrolysis) is 1. The number of imide groups is 1. The molecule has 6 rings (SSSR count). The van der Waals surface area contributed by atoms with Gasteiger partial charge < -0.3 is 50.5 Å². The number of carboxylic acid groups (broad SMARTS) is 1. The maximum absolute atomic E-state index is 15.4. The van der Waals surface area contributed by atoms with Crippen molar-refractivity contribution >= 4 is 41.7 Å². The average molecular weight is 917 g/mol. The Labute approximate surface area is 372 Å². The molecule has 6 atom stereocenters. The predicted octanol–water partition coefficient (Wildman–Crippen LogP) is 3.32. The number of benzene rings is 2. The van der Waals surface area contributed by atoms with E-state index in [-0.39, 0.29) is 75.3 Å². The van der Waals surface area contributed by atoms with Gasteiger partial charge in [-0.25, -0.2) is 27.7 Å². The number of nitrogens with one attached hydrogen (secondary N) is 3. The first-order chi connectivity index (χ1) is 30.8. The SMILES string of the molecule is C[C@@H](COC(=O)NCCOCCN1C(=O)CC(SC[C@H](N)C(=O)O)C1=O)NC(=O)N(C[C@@H]1CNC[C@@H]1F)[C@@H](c1nc(-c2cc(F)ccc2F)cn1Cc1ccccc1)C1CCOCC1. The Kier molecular flexibility index (Phi) is 17.4. The summed E-state index contributed by atoms with van der Waals surface area (Å²) in [6, 6.07) is 9.45. The van der Waals surface area contributed by atoms with Crippen molar-refractivity contribution in [3.8, 4) is 11.3 Å². The molecule has 17 nitrogen and oxygen atoms in total. The normalized spacial score (nSPS) is 20.5. The number of hydrogen-bond donors (Lipinski definition) is 5. The van der Waals surface area contributed by atoms with E-state index in [1.54, 1.807) is 18.0 Å². The van der Waals surface area contributed by atoms with Crippen LogP contribution >= 0.6 is 11.8 Å². The van der Waals surface area contributed by atoms with Gasteiger partial charge in [-0.05, 0) is 49.4 Å². The minimum absolute atomic E-state index is 0.000926. The lowest BCUT2D eigenvalue weighted by Crippen LogP contribution is -2.52. The maximum Gasteiger partial charge on any atom is 0.407 e. The van der Waals surface area contributed by atoms with Crippen LogP contribution < -0.4 is 21.7 Å². The number of nitrogens with two attached hydrogens (primary N) is 1. The number of carbonyl (C=O) groups is 5. The van der Waals surface area contributed by atoms with E-state index in [0.717, 1.165) is 40.4 Å². The van der Waals surface area contributed by atoms with E-state index in [1.165, 1.54) is 0 Å². The smallest absolute Gasteiger partial charge is 0.407 e. The van der Waals surface area contributed by atoms with E-state index >= 15 is 8.78 Å². The number of urea groups is 1. The zero-order valence-corrected chi connectivity index (χ0v) is 36.3. The summed E-state index contributed by atoms with van der Waals surface area (Å²) in [7, 11) is 0. The number of aliphatic carboxylic acids is 1. The van der Waals surface area contributed by atoms with E-state index in [9.17, 15) is 28.4 Å². The third-order valence-corrected chi connectivity index (χ3v) is 12.6. The van der Waals surface area contributed by atoms with Crippen molar-refractivity contribution in [3.63, 3.8) is 0 Å². The number of likely N-dealkylation sites (tertiary alicyclic amines) is 1. The van der Waals surface area contributed by atoms with Gasteiger partial charge in [0, 0.05) is 75.8 Å². The average Bonchev–Trinajstić information content (AvgIpc) is 3.96. The van der Waals surface area contributed by atoms with Gasteiger partial charge in [0.25, 0.3) is 0 Å². The summed E-state index contributed by atoms with van der Waals surface area (Å²) in [6.45, 7) is 3.04. The van der Waals surface area contributed by atoms with Gasteiger partial charge in [-0.2, -0.15) is 0 Å². The lowest BCUT2D eigenvalue weighted by Gasteiger charge is -2.40. The molecular weight excluding hydrogens is 862 g/mol. The molecule has 6 N–H and O–H groups in total. The van der Waals surface area contributed by atoms with Gasteiger partial charge in [0.05, 0.1) is 42.8 Å². The van der Waals surface area contributed by atoms with Crippen LogP contribution in [0.2, 0.25) is 0 Å². The predicted molar refractivity (Wildman–Crippen MR) is 229 cm³/mol. The summed E-state index contributed by atoms with van der Waals surface area (Å²) in [4.78, 5) is 70.7. The highest BCUT2D eigenvalue weighted by atomic mass is 32.2. The zero-order valence-electron chi connectivity index (χ0n) is 35.5. The highest BCUT2D eigenvalue weighted by Gasteiger charge is 2.41. The molecule has 3 saturated heterocycles. The molecule has 3 aliphatic heterocycles. The Morgan fingerprint density at radius 1 is 1.11 bits per heavy atom. The maximum atomic E-state index is 15.4. The number of thioether (sulfide) groups is 1. The number of rotatable bonds is 21. The summed E-state index contributed by atoms with van der Waals surface area (Å²) >= 11 is 1.02. The van der Waals surface area contributed by atoms with Crippen LogP contribution in [0.5, 0.6) is 0 Å². The lowest BCUT2D eigenvalue weighted by atomic mass is 9.89. The number of carboxylic acids is 1. The molecule has 2 aromatic carbocycles. The van der Waals surface area contributed by atoms with Gasteiger partial charge in [-0.1, -0.05) is 30.3 Å². The van der Waals surface area contributed by atoms with Crippen LogP contribution in [-0.2, 0) is 35.1 Å². The lowest BCUT2D eigenvalue weighted by molar-refractivity contribution is -0.140. The van der Waals surface area contributed by atoms with Gasteiger partial charge in [0.1, 0.15) is 36.3 Å². The molecule has 1 unspecified atom stereocenters. The van der Waals surface area contributed by atoms with Crippen LogP contribution in [0, 0.1) is 23.5 Å². The molecular formula is C43H55F3N8O9S. The number of alkyl halides is 1. The summed E-state index contributed by atoms with van der Waals surface area (Å²) in [5, 5.41) is 16.8. The van der Waals surface area contributed by atoms with E-state index in [0.29, 0.717) is 45.0 Å². The topological polar surface area (TPSA) is 220 Å². The number of carbonyl (C=O) groups excluding carboxylic acids is 4. The minimum atomic E-state index is -1.24. The Bertz CT molecular complexity index is 2080. The Balaban J connectivity index is 1.09. The van der Waals surface area contributed by atoms with Crippen molar-refractivity contribution in [3.05, 3.63) is 77.8 Å². The number of imidazole rings is 1. The molecule has 1 aromatic heterocycles. The first-order valence-electron chi connectivity index (χ1n) is 21.3. The molecule has 4 heterocycles.